The van der Waals surface area contributed by atoms with Gasteiger partial charge in [-0.25, -0.2) is 0 Å². The van der Waals surface area contributed by atoms with Gasteiger partial charge >= 0.3 is 5.97 Å². The van der Waals surface area contributed by atoms with Crippen LogP contribution in [0.15, 0.2) is 0 Å². The van der Waals surface area contributed by atoms with Crippen LogP contribution in [0, 0.1) is 11.8 Å². The molecule has 2 heteroatoms. The largest absolute Gasteiger partial charge is 0.465 e. The smallest absolute Gasteiger partial charge is 0.308 e. The van der Waals surface area contributed by atoms with Gasteiger partial charge in [0.05, 0.1) is 12.5 Å². The second-order valence-electron chi connectivity index (χ2n) is 4.12. The van der Waals surface area contributed by atoms with Gasteiger partial charge < -0.3 is 4.74 Å². The molecule has 1 unspecified atom stereocenters. The molecular formula is C11H20O2. The maximum absolute atomic E-state index is 11.4. The number of ether oxygens (including phenoxy) is 1. The molecule has 0 aromatic rings. The SMILES string of the molecule is CCCCC(C)C(=O)OCC1CC1. The summed E-state index contributed by atoms with van der Waals surface area (Å²) in [6, 6.07) is 0. The Morgan fingerprint density at radius 1 is 1.54 bits per heavy atom. The number of carbonyl (C=O) groups excluding carboxylic acids is 1. The van der Waals surface area contributed by atoms with Gasteiger partial charge in [-0.1, -0.05) is 26.7 Å². The summed E-state index contributed by atoms with van der Waals surface area (Å²) in [5, 5.41) is 0. The van der Waals surface area contributed by atoms with Gasteiger partial charge in [-0.2, -0.15) is 0 Å². The molecule has 1 atom stereocenters. The zero-order valence-corrected chi connectivity index (χ0v) is 8.71. The first kappa shape index (κ1) is 10.6. The zero-order chi connectivity index (χ0) is 9.68. The van der Waals surface area contributed by atoms with E-state index in [9.17, 15) is 4.79 Å². The van der Waals surface area contributed by atoms with Crippen LogP contribution in [-0.4, -0.2) is 12.6 Å². The Morgan fingerprint density at radius 2 is 2.23 bits per heavy atom. The highest BCUT2D eigenvalue weighted by molar-refractivity contribution is 5.71. The lowest BCUT2D eigenvalue weighted by Gasteiger charge is -2.10. The molecule has 0 bridgehead atoms. The molecule has 0 heterocycles. The van der Waals surface area contributed by atoms with Crippen LogP contribution in [0.5, 0.6) is 0 Å². The second-order valence-corrected chi connectivity index (χ2v) is 4.12. The van der Waals surface area contributed by atoms with Gasteiger partial charge in [-0.15, -0.1) is 0 Å². The van der Waals surface area contributed by atoms with Gasteiger partial charge in [0.1, 0.15) is 0 Å². The maximum atomic E-state index is 11.4. The van der Waals surface area contributed by atoms with Crippen LogP contribution >= 0.6 is 0 Å². The highest BCUT2D eigenvalue weighted by Crippen LogP contribution is 2.29. The van der Waals surface area contributed by atoms with E-state index in [1.165, 1.54) is 12.8 Å². The van der Waals surface area contributed by atoms with E-state index in [0.29, 0.717) is 12.5 Å². The predicted octanol–water partition coefficient (Wildman–Crippen LogP) is 2.77. The van der Waals surface area contributed by atoms with Crippen LogP contribution in [0.1, 0.15) is 46.0 Å². The summed E-state index contributed by atoms with van der Waals surface area (Å²) >= 11 is 0. The van der Waals surface area contributed by atoms with Crippen molar-refractivity contribution in [3.63, 3.8) is 0 Å². The Hall–Kier alpha value is -0.530. The van der Waals surface area contributed by atoms with Gasteiger partial charge in [0, 0.05) is 0 Å². The first-order valence-corrected chi connectivity index (χ1v) is 5.40. The summed E-state index contributed by atoms with van der Waals surface area (Å²) in [6.07, 6.45) is 5.74. The standard InChI is InChI=1S/C11H20O2/c1-3-4-5-9(2)11(12)13-8-10-6-7-10/h9-10H,3-8H2,1-2H3. The van der Waals surface area contributed by atoms with E-state index in [4.69, 9.17) is 4.74 Å². The number of hydrogen-bond donors (Lipinski definition) is 0. The number of rotatable bonds is 6. The van der Waals surface area contributed by atoms with E-state index < -0.39 is 0 Å². The molecule has 1 saturated carbocycles. The average molecular weight is 184 g/mol. The van der Waals surface area contributed by atoms with Crippen molar-refractivity contribution in [3.8, 4) is 0 Å². The first-order valence-electron chi connectivity index (χ1n) is 5.40. The van der Waals surface area contributed by atoms with Crippen LogP contribution < -0.4 is 0 Å². The molecule has 0 aromatic heterocycles. The Labute approximate surface area is 80.7 Å². The topological polar surface area (TPSA) is 26.3 Å². The minimum atomic E-state index is 0.000324. The van der Waals surface area contributed by atoms with E-state index in [1.54, 1.807) is 0 Å². The van der Waals surface area contributed by atoms with E-state index in [2.05, 4.69) is 6.92 Å². The van der Waals surface area contributed by atoms with Crippen molar-refractivity contribution in [2.24, 2.45) is 11.8 Å². The van der Waals surface area contributed by atoms with Crippen LogP contribution in [0.2, 0.25) is 0 Å². The Balaban J connectivity index is 2.05. The number of carbonyl (C=O) groups is 1. The number of hydrogen-bond acceptors (Lipinski definition) is 2. The van der Waals surface area contributed by atoms with Crippen LogP contribution in [0.4, 0.5) is 0 Å². The van der Waals surface area contributed by atoms with Crippen molar-refractivity contribution >= 4 is 5.97 Å². The second kappa shape index (κ2) is 5.25. The van der Waals surface area contributed by atoms with Crippen molar-refractivity contribution < 1.29 is 9.53 Å². The summed E-state index contributed by atoms with van der Waals surface area (Å²) < 4.78 is 5.19. The molecule has 0 aliphatic heterocycles. The van der Waals surface area contributed by atoms with E-state index in [1.807, 2.05) is 6.92 Å². The highest BCUT2D eigenvalue weighted by atomic mass is 16.5. The average Bonchev–Trinajstić information content (AvgIpc) is 2.93. The minimum absolute atomic E-state index is 0.000324. The van der Waals surface area contributed by atoms with Gasteiger partial charge in [0.25, 0.3) is 0 Å². The lowest BCUT2D eigenvalue weighted by molar-refractivity contribution is -0.148. The fourth-order valence-corrected chi connectivity index (χ4v) is 1.25. The van der Waals surface area contributed by atoms with Gasteiger partial charge in [0.15, 0.2) is 0 Å². The third kappa shape index (κ3) is 4.30. The molecule has 0 aromatic carbocycles. The van der Waals surface area contributed by atoms with E-state index >= 15 is 0 Å². The third-order valence-electron chi connectivity index (χ3n) is 2.55. The maximum Gasteiger partial charge on any atom is 0.308 e. The summed E-state index contributed by atoms with van der Waals surface area (Å²) in [6.45, 7) is 4.77. The first-order chi connectivity index (χ1) is 6.24. The summed E-state index contributed by atoms with van der Waals surface area (Å²) in [5.74, 6) is 0.779. The van der Waals surface area contributed by atoms with Crippen molar-refractivity contribution in [1.82, 2.24) is 0 Å². The van der Waals surface area contributed by atoms with Crippen molar-refractivity contribution in [2.45, 2.75) is 46.0 Å². The lowest BCUT2D eigenvalue weighted by atomic mass is 10.1. The molecule has 0 amide bonds. The Kier molecular flexibility index (Phi) is 4.26. The lowest BCUT2D eigenvalue weighted by Crippen LogP contribution is -2.16. The molecule has 1 rings (SSSR count). The summed E-state index contributed by atoms with van der Waals surface area (Å²) in [5.41, 5.74) is 0. The molecule has 13 heavy (non-hydrogen) atoms. The Morgan fingerprint density at radius 3 is 2.77 bits per heavy atom. The molecule has 0 spiro atoms. The number of unbranched alkanes of at least 4 members (excludes halogenated alkanes) is 1. The third-order valence-corrected chi connectivity index (χ3v) is 2.55. The molecule has 1 fully saturated rings. The van der Waals surface area contributed by atoms with Crippen molar-refractivity contribution in [3.05, 3.63) is 0 Å². The van der Waals surface area contributed by atoms with Gasteiger partial charge in [-0.05, 0) is 25.2 Å². The monoisotopic (exact) mass is 184 g/mol. The molecule has 0 saturated heterocycles. The summed E-state index contributed by atoms with van der Waals surface area (Å²) in [7, 11) is 0. The Bertz CT molecular complexity index is 161. The predicted molar refractivity (Wildman–Crippen MR) is 52.4 cm³/mol. The number of esters is 1. The molecule has 0 radical (unpaired) electrons. The zero-order valence-electron chi connectivity index (χ0n) is 8.71. The minimum Gasteiger partial charge on any atom is -0.465 e. The molecule has 76 valence electrons. The van der Waals surface area contributed by atoms with Crippen LogP contribution in [-0.2, 0) is 9.53 Å². The van der Waals surface area contributed by atoms with Gasteiger partial charge in [0.2, 0.25) is 0 Å². The fraction of sp³-hybridized carbons (Fsp3) is 0.909. The quantitative estimate of drug-likeness (QED) is 0.593. The highest BCUT2D eigenvalue weighted by Gasteiger charge is 2.24. The fourth-order valence-electron chi connectivity index (χ4n) is 1.25. The molecule has 2 nitrogen and oxygen atoms in total. The molecule has 0 N–H and O–H groups in total. The molecule has 1 aliphatic rings. The molecule has 1 aliphatic carbocycles. The summed E-state index contributed by atoms with van der Waals surface area (Å²) in [4.78, 5) is 11.4. The van der Waals surface area contributed by atoms with Crippen LogP contribution in [0.25, 0.3) is 0 Å². The van der Waals surface area contributed by atoms with Crippen LogP contribution in [0.3, 0.4) is 0 Å². The van der Waals surface area contributed by atoms with E-state index in [-0.39, 0.29) is 11.9 Å². The van der Waals surface area contributed by atoms with Gasteiger partial charge in [-0.3, -0.25) is 4.79 Å². The molecular weight excluding hydrogens is 164 g/mol. The normalized spacial score (nSPS) is 18.3. The van der Waals surface area contributed by atoms with Crippen molar-refractivity contribution in [2.75, 3.05) is 6.61 Å². The van der Waals surface area contributed by atoms with Crippen molar-refractivity contribution in [1.29, 1.82) is 0 Å². The van der Waals surface area contributed by atoms with E-state index in [0.717, 1.165) is 19.3 Å².